The molecular formula is C12H8CuN10. The van der Waals surface area contributed by atoms with Gasteiger partial charge in [-0.25, -0.2) is 5.10 Å². The van der Waals surface area contributed by atoms with Crippen molar-refractivity contribution in [2.24, 2.45) is 0 Å². The van der Waals surface area contributed by atoms with Crippen LogP contribution in [0.3, 0.4) is 0 Å². The molecule has 23 heavy (non-hydrogen) atoms. The van der Waals surface area contributed by atoms with Crippen LogP contribution in [0.1, 0.15) is 0 Å². The van der Waals surface area contributed by atoms with Crippen LogP contribution in [0.2, 0.25) is 0 Å². The van der Waals surface area contributed by atoms with Gasteiger partial charge in [-0.3, -0.25) is 30.7 Å². The van der Waals surface area contributed by atoms with Crippen LogP contribution >= 0.6 is 0 Å². The molecule has 4 aromatic rings. The quantitative estimate of drug-likeness (QED) is 0.444. The fourth-order valence-electron chi connectivity index (χ4n) is 1.48. The molecule has 0 fully saturated rings. The van der Waals surface area contributed by atoms with Gasteiger partial charge in [0.2, 0.25) is 0 Å². The molecule has 10 nitrogen and oxygen atoms in total. The van der Waals surface area contributed by atoms with E-state index in [1.165, 1.54) is 0 Å². The van der Waals surface area contributed by atoms with Crippen LogP contribution in [-0.2, 0) is 17.1 Å². The molecule has 1 radical (unpaired) electrons. The first-order chi connectivity index (χ1) is 10.9. The van der Waals surface area contributed by atoms with Crippen LogP contribution in [0.25, 0.3) is 23.0 Å². The molecule has 0 saturated carbocycles. The van der Waals surface area contributed by atoms with Gasteiger partial charge in [0.1, 0.15) is 0 Å². The first-order valence-corrected chi connectivity index (χ1v) is 6.14. The Kier molecular flexibility index (Phi) is 5.97. The zero-order valence-electron chi connectivity index (χ0n) is 11.4. The minimum absolute atomic E-state index is 0. The molecule has 0 aliphatic rings. The van der Waals surface area contributed by atoms with E-state index in [0.717, 1.165) is 0 Å². The summed E-state index contributed by atoms with van der Waals surface area (Å²) in [5, 5.41) is 28.0. The number of tetrazole rings is 2. The van der Waals surface area contributed by atoms with Gasteiger partial charge in [-0.2, -0.15) is 5.21 Å². The van der Waals surface area contributed by atoms with Crippen LogP contribution in [0.15, 0.2) is 48.8 Å². The second-order valence-electron chi connectivity index (χ2n) is 3.83. The molecule has 0 bridgehead atoms. The Morgan fingerprint density at radius 3 is 2.04 bits per heavy atom. The molecule has 0 aliphatic carbocycles. The summed E-state index contributed by atoms with van der Waals surface area (Å²) in [5.74, 6) is 0.927. The zero-order valence-corrected chi connectivity index (χ0v) is 12.3. The summed E-state index contributed by atoms with van der Waals surface area (Å²) in [5.41, 5.74) is 1.38. The van der Waals surface area contributed by atoms with Gasteiger partial charge in [0.25, 0.3) is 0 Å². The van der Waals surface area contributed by atoms with E-state index in [1.807, 2.05) is 24.3 Å². The Labute approximate surface area is 140 Å². The molecule has 0 amide bonds. The Balaban J connectivity index is 0.000000160. The zero-order chi connectivity index (χ0) is 15.0. The topological polar surface area (TPSA) is 131 Å². The summed E-state index contributed by atoms with van der Waals surface area (Å²) in [6.07, 6.45) is 3.34. The van der Waals surface area contributed by atoms with Crippen molar-refractivity contribution >= 4 is 0 Å². The average Bonchev–Trinajstić information content (AvgIpc) is 3.31. The minimum atomic E-state index is 0. The molecule has 0 aliphatic heterocycles. The van der Waals surface area contributed by atoms with Gasteiger partial charge < -0.3 is 10.2 Å². The van der Waals surface area contributed by atoms with Crippen LogP contribution in [0, 0.1) is 0 Å². The molecule has 4 heterocycles. The van der Waals surface area contributed by atoms with Crippen LogP contribution in [0.5, 0.6) is 0 Å². The minimum Gasteiger partial charge on any atom is -0.329 e. The van der Waals surface area contributed by atoms with E-state index < -0.39 is 0 Å². The Morgan fingerprint density at radius 1 is 0.783 bits per heavy atom. The van der Waals surface area contributed by atoms with Crippen molar-refractivity contribution < 1.29 is 17.1 Å². The summed E-state index contributed by atoms with van der Waals surface area (Å²) in [7, 11) is 0. The Morgan fingerprint density at radius 2 is 1.52 bits per heavy atom. The molecule has 0 spiro atoms. The van der Waals surface area contributed by atoms with Gasteiger partial charge >= 0.3 is 17.1 Å². The normalized spacial score (nSPS) is 9.39. The number of hydrogen-bond donors (Lipinski definition) is 0. The van der Waals surface area contributed by atoms with Gasteiger partial charge in [0.05, 0.1) is 23.0 Å². The molecule has 0 atom stereocenters. The maximum atomic E-state index is 4.02. The van der Waals surface area contributed by atoms with Gasteiger partial charge in [-0.15, -0.1) is 0 Å². The second-order valence-corrected chi connectivity index (χ2v) is 3.83. The molecule has 0 unspecified atom stereocenters. The molecule has 0 aromatic carbocycles. The third-order valence-electron chi connectivity index (χ3n) is 2.43. The fourth-order valence-corrected chi connectivity index (χ4v) is 1.48. The maximum Gasteiger partial charge on any atom is 2.00 e. The number of aromatic nitrogens is 10. The monoisotopic (exact) mass is 355 g/mol. The fraction of sp³-hybridized carbons (Fsp3) is 0. The third-order valence-corrected chi connectivity index (χ3v) is 2.43. The van der Waals surface area contributed by atoms with Crippen LogP contribution in [-0.4, -0.2) is 40.9 Å². The van der Waals surface area contributed by atoms with Crippen molar-refractivity contribution in [3.05, 3.63) is 48.8 Å². The molecule has 0 saturated heterocycles. The van der Waals surface area contributed by atoms with Gasteiger partial charge in [0.15, 0.2) is 0 Å². The van der Waals surface area contributed by atoms with E-state index in [1.54, 1.807) is 24.5 Å². The summed E-state index contributed by atoms with van der Waals surface area (Å²) in [4.78, 5) is 8.03. The summed E-state index contributed by atoms with van der Waals surface area (Å²) in [6, 6.07) is 11.0. The first kappa shape index (κ1) is 16.3. The van der Waals surface area contributed by atoms with Crippen molar-refractivity contribution in [3.63, 3.8) is 0 Å². The number of pyridine rings is 2. The molecule has 11 heteroatoms. The smallest absolute Gasteiger partial charge is 0.329 e. The second kappa shape index (κ2) is 8.41. The summed E-state index contributed by atoms with van der Waals surface area (Å²) < 4.78 is 0. The van der Waals surface area contributed by atoms with Gasteiger partial charge in [-0.05, 0) is 24.3 Å². The average molecular weight is 356 g/mol. The molecular weight excluding hydrogens is 348 g/mol. The number of rotatable bonds is 2. The Bertz CT molecular complexity index is 704. The molecule has 4 rings (SSSR count). The predicted octanol–water partition coefficient (Wildman–Crippen LogP) is -0.221. The first-order valence-electron chi connectivity index (χ1n) is 6.14. The molecule has 0 N–H and O–H groups in total. The van der Waals surface area contributed by atoms with E-state index in [0.29, 0.717) is 23.0 Å². The van der Waals surface area contributed by atoms with E-state index >= 15 is 0 Å². The third kappa shape index (κ3) is 4.46. The standard InChI is InChI=1S/2C6H4N5.Cu/c2*1-2-4-7-5(3-1)6-8-10-11-9-6;/h2*1-4H;/q2*-1;+2. The Hall–Kier alpha value is -3.04. The largest absolute Gasteiger partial charge is 2.00 e. The molecule has 4 aromatic heterocycles. The van der Waals surface area contributed by atoms with Gasteiger partial charge in [0, 0.05) is 12.4 Å². The summed E-state index contributed by atoms with van der Waals surface area (Å²) >= 11 is 0. The van der Waals surface area contributed by atoms with Crippen molar-refractivity contribution in [1.29, 1.82) is 0 Å². The van der Waals surface area contributed by atoms with Crippen molar-refractivity contribution in [2.75, 3.05) is 0 Å². The van der Waals surface area contributed by atoms with Crippen LogP contribution in [0.4, 0.5) is 0 Å². The SMILES string of the molecule is [Cu+2].c1ccc(-c2nn[n-]n2)nc1.c1ccc(-c2nnn[n-]2)nc1. The van der Waals surface area contributed by atoms with Crippen molar-refractivity contribution in [1.82, 2.24) is 51.2 Å². The van der Waals surface area contributed by atoms with Crippen molar-refractivity contribution in [2.45, 2.75) is 0 Å². The predicted molar refractivity (Wildman–Crippen MR) is 72.8 cm³/mol. The van der Waals surface area contributed by atoms with Crippen molar-refractivity contribution in [3.8, 4) is 23.0 Å². The summed E-state index contributed by atoms with van der Waals surface area (Å²) in [6.45, 7) is 0. The number of nitrogens with zero attached hydrogens (tertiary/aromatic N) is 10. The van der Waals surface area contributed by atoms with Gasteiger partial charge in [-0.1, -0.05) is 12.1 Å². The van der Waals surface area contributed by atoms with Crippen LogP contribution < -0.4 is 10.3 Å². The molecule has 117 valence electrons. The maximum absolute atomic E-state index is 4.02. The van der Waals surface area contributed by atoms with E-state index in [4.69, 9.17) is 0 Å². The number of hydrogen-bond acceptors (Lipinski definition) is 8. The van der Waals surface area contributed by atoms with E-state index in [9.17, 15) is 0 Å². The van der Waals surface area contributed by atoms with E-state index in [2.05, 4.69) is 51.2 Å². The van der Waals surface area contributed by atoms with E-state index in [-0.39, 0.29) is 17.1 Å².